The molecule has 3 aliphatic carbocycles. The minimum Gasteiger partial charge on any atom is -0.427 e. The molecule has 5 nitrogen and oxygen atoms in total. The minimum absolute atomic E-state index is 0.0933. The van der Waals surface area contributed by atoms with Gasteiger partial charge in [-0.05, 0) is 42.2 Å². The predicted octanol–water partition coefficient (Wildman–Crippen LogP) is 3.05. The van der Waals surface area contributed by atoms with E-state index in [-0.39, 0.29) is 36.2 Å². The summed E-state index contributed by atoms with van der Waals surface area (Å²) in [6.45, 7) is 1.88. The van der Waals surface area contributed by atoms with Crippen molar-refractivity contribution in [3.05, 3.63) is 35.4 Å². The third-order valence-corrected chi connectivity index (χ3v) is 6.03. The molecule has 1 aromatic carbocycles. The second kappa shape index (κ2) is 5.52. The maximum atomic E-state index is 12.5. The third-order valence-electron chi connectivity index (χ3n) is 6.03. The van der Waals surface area contributed by atoms with Gasteiger partial charge in [-0.15, -0.1) is 6.42 Å². The minimum atomic E-state index is -0.542. The predicted molar refractivity (Wildman–Crippen MR) is 90.3 cm³/mol. The first kappa shape index (κ1) is 16.0. The highest BCUT2D eigenvalue weighted by Crippen LogP contribution is 2.86. The summed E-state index contributed by atoms with van der Waals surface area (Å²) in [5.41, 5.74) is 2.19. The van der Waals surface area contributed by atoms with Gasteiger partial charge in [0.1, 0.15) is 0 Å². The second-order valence-electron chi connectivity index (χ2n) is 7.54. The number of amides is 1. The van der Waals surface area contributed by atoms with E-state index < -0.39 is 6.09 Å². The average Bonchev–Trinajstić information content (AvgIpc) is 3.29. The molecule has 2 fully saturated rings. The third kappa shape index (κ3) is 2.48. The second-order valence-corrected chi connectivity index (χ2v) is 7.54. The van der Waals surface area contributed by atoms with E-state index in [4.69, 9.17) is 15.9 Å². The summed E-state index contributed by atoms with van der Waals surface area (Å²) in [4.78, 5) is 26.0. The summed E-state index contributed by atoms with van der Waals surface area (Å²) < 4.78 is 10.3. The summed E-state index contributed by atoms with van der Waals surface area (Å²) in [6.07, 6.45) is 8.38. The van der Waals surface area contributed by atoms with Crippen molar-refractivity contribution in [3.63, 3.8) is 0 Å². The summed E-state index contributed by atoms with van der Waals surface area (Å²) >= 11 is 0. The smallest absolute Gasteiger partial charge is 0.413 e. The van der Waals surface area contributed by atoms with Gasteiger partial charge in [0, 0.05) is 0 Å². The van der Waals surface area contributed by atoms with Gasteiger partial charge in [0.2, 0.25) is 6.79 Å². The Labute approximate surface area is 147 Å². The van der Waals surface area contributed by atoms with E-state index in [0.29, 0.717) is 0 Å². The number of esters is 1. The molecule has 0 N–H and O–H groups in total. The van der Waals surface area contributed by atoms with Gasteiger partial charge in [0.05, 0.1) is 18.0 Å². The fraction of sp³-hybridized carbons (Fsp3) is 0.500. The highest BCUT2D eigenvalue weighted by molar-refractivity contribution is 5.87. The van der Waals surface area contributed by atoms with Gasteiger partial charge < -0.3 is 9.47 Å². The van der Waals surface area contributed by atoms with Crippen molar-refractivity contribution < 1.29 is 19.1 Å². The average molecular weight is 339 g/mol. The van der Waals surface area contributed by atoms with Crippen molar-refractivity contribution in [2.75, 3.05) is 13.3 Å². The van der Waals surface area contributed by atoms with Gasteiger partial charge in [0.15, 0.2) is 0 Å². The van der Waals surface area contributed by atoms with Crippen LogP contribution in [0, 0.1) is 23.2 Å². The molecule has 4 rings (SSSR count). The number of hydrogen-bond donors (Lipinski definition) is 0. The molecular formula is C20H21NO4. The van der Waals surface area contributed by atoms with Crippen molar-refractivity contribution in [3.8, 4) is 12.3 Å². The van der Waals surface area contributed by atoms with Crippen molar-refractivity contribution in [1.82, 2.24) is 4.90 Å². The number of benzene rings is 1. The molecule has 0 radical (unpaired) electrons. The molecule has 130 valence electrons. The Morgan fingerprint density at radius 1 is 1.32 bits per heavy atom. The molecule has 0 saturated heterocycles. The first-order valence-corrected chi connectivity index (χ1v) is 8.63. The van der Waals surface area contributed by atoms with E-state index in [1.807, 2.05) is 18.2 Å². The molecule has 3 aliphatic rings. The first-order chi connectivity index (χ1) is 12.0. The molecule has 0 spiro atoms. The van der Waals surface area contributed by atoms with Gasteiger partial charge in [-0.1, -0.05) is 37.1 Å². The van der Waals surface area contributed by atoms with Crippen LogP contribution >= 0.6 is 0 Å². The highest BCUT2D eigenvalue weighted by Gasteiger charge is 2.85. The van der Waals surface area contributed by atoms with Crippen LogP contribution in [-0.4, -0.2) is 30.3 Å². The van der Waals surface area contributed by atoms with Crippen molar-refractivity contribution in [2.24, 2.45) is 10.8 Å². The van der Waals surface area contributed by atoms with Gasteiger partial charge in [-0.25, -0.2) is 4.79 Å². The van der Waals surface area contributed by atoms with Crippen LogP contribution in [0.25, 0.3) is 0 Å². The zero-order chi connectivity index (χ0) is 17.7. The summed E-state index contributed by atoms with van der Waals surface area (Å²) in [6, 6.07) is 7.94. The standard InChI is InChI=1S/C20H21NO4/c1-3-10-21(16-9-8-14-6-4-5-7-15(14)16)18(23)25-13-24-17(22)20-11-19(20,2)12-20/h1,4-7,16H,8-13H2,2H3. The number of hydrogen-bond acceptors (Lipinski definition) is 4. The lowest BCUT2D eigenvalue weighted by Gasteiger charge is -2.27. The number of nitrogens with zero attached hydrogens (tertiary/aromatic N) is 1. The van der Waals surface area contributed by atoms with Gasteiger partial charge >= 0.3 is 12.1 Å². The number of carbonyl (C=O) groups excluding carboxylic acids is 2. The van der Waals surface area contributed by atoms with Gasteiger partial charge in [-0.2, -0.15) is 0 Å². The van der Waals surface area contributed by atoms with Crippen molar-refractivity contribution >= 4 is 12.1 Å². The normalized spacial score (nSPS) is 30.5. The molecule has 0 aromatic heterocycles. The SMILES string of the molecule is C#CCN(C(=O)OCOC(=O)C12CC1(C)C2)C1CCc2ccccc21. The Bertz CT molecular complexity index is 772. The van der Waals surface area contributed by atoms with E-state index in [2.05, 4.69) is 18.9 Å². The number of terminal acetylenes is 1. The van der Waals surface area contributed by atoms with Crippen LogP contribution in [0.3, 0.4) is 0 Å². The van der Waals surface area contributed by atoms with Gasteiger partial charge in [0.25, 0.3) is 0 Å². The number of carbonyl (C=O) groups is 2. The summed E-state index contributed by atoms with van der Waals surface area (Å²) in [5, 5.41) is 0. The maximum absolute atomic E-state index is 12.5. The molecule has 0 aliphatic heterocycles. The molecular weight excluding hydrogens is 318 g/mol. The van der Waals surface area contributed by atoms with Crippen LogP contribution in [0.2, 0.25) is 0 Å². The lowest BCUT2D eigenvalue weighted by molar-refractivity contribution is -0.156. The zero-order valence-corrected chi connectivity index (χ0v) is 14.3. The van der Waals surface area contributed by atoms with Crippen molar-refractivity contribution in [2.45, 2.75) is 38.6 Å². The van der Waals surface area contributed by atoms with Crippen molar-refractivity contribution in [1.29, 1.82) is 0 Å². The highest BCUT2D eigenvalue weighted by atomic mass is 16.7. The Balaban J connectivity index is 1.35. The topological polar surface area (TPSA) is 55.8 Å². The van der Waals surface area contributed by atoms with E-state index in [1.165, 1.54) is 10.5 Å². The number of rotatable bonds is 5. The monoisotopic (exact) mass is 339 g/mol. The van der Waals surface area contributed by atoms with Crippen LogP contribution in [0.5, 0.6) is 0 Å². The molecule has 1 atom stereocenters. The zero-order valence-electron chi connectivity index (χ0n) is 14.3. The fourth-order valence-electron chi connectivity index (χ4n) is 4.20. The molecule has 5 heteroatoms. The largest absolute Gasteiger partial charge is 0.427 e. The van der Waals surface area contributed by atoms with Crippen LogP contribution in [0.1, 0.15) is 43.4 Å². The Morgan fingerprint density at radius 2 is 2.04 bits per heavy atom. The van der Waals surface area contributed by atoms with E-state index in [9.17, 15) is 9.59 Å². The van der Waals surface area contributed by atoms with E-state index in [0.717, 1.165) is 31.2 Å². The summed E-state index contributed by atoms with van der Waals surface area (Å²) in [5.74, 6) is 2.27. The maximum Gasteiger partial charge on any atom is 0.413 e. The first-order valence-electron chi connectivity index (χ1n) is 8.63. The summed E-state index contributed by atoms with van der Waals surface area (Å²) in [7, 11) is 0. The molecule has 1 amide bonds. The fourth-order valence-corrected chi connectivity index (χ4v) is 4.20. The number of aryl methyl sites for hydroxylation is 1. The van der Waals surface area contributed by atoms with E-state index in [1.54, 1.807) is 0 Å². The van der Waals surface area contributed by atoms with Crippen LogP contribution in [0.15, 0.2) is 24.3 Å². The van der Waals surface area contributed by atoms with Crippen LogP contribution < -0.4 is 0 Å². The number of fused-ring (bicyclic) bond motifs is 2. The molecule has 0 bridgehead atoms. The van der Waals surface area contributed by atoms with Crippen LogP contribution in [0.4, 0.5) is 4.79 Å². The Morgan fingerprint density at radius 3 is 2.72 bits per heavy atom. The lowest BCUT2D eigenvalue weighted by Crippen LogP contribution is -2.35. The molecule has 0 heterocycles. The number of ether oxygens (including phenoxy) is 2. The molecule has 25 heavy (non-hydrogen) atoms. The van der Waals surface area contributed by atoms with Crippen LogP contribution in [-0.2, 0) is 20.7 Å². The molecule has 1 unspecified atom stereocenters. The Hall–Kier alpha value is -2.48. The molecule has 1 aromatic rings. The van der Waals surface area contributed by atoms with Gasteiger partial charge in [-0.3, -0.25) is 9.69 Å². The van der Waals surface area contributed by atoms with E-state index >= 15 is 0 Å². The quantitative estimate of drug-likeness (QED) is 0.470. The molecule has 2 saturated carbocycles. The lowest BCUT2D eigenvalue weighted by atomic mass is 10.1. The Kier molecular flexibility index (Phi) is 3.54.